The van der Waals surface area contributed by atoms with Crippen LogP contribution in [0.25, 0.3) is 0 Å². The van der Waals surface area contributed by atoms with Gasteiger partial charge in [0.05, 0.1) is 16.4 Å². The molecule has 3 N–H and O–H groups in total. The Hall–Kier alpha value is -3.02. The van der Waals surface area contributed by atoms with Crippen LogP contribution in [-0.2, 0) is 4.79 Å². The van der Waals surface area contributed by atoms with Gasteiger partial charge in [0.1, 0.15) is 6.04 Å². The van der Waals surface area contributed by atoms with E-state index in [4.69, 9.17) is 14.2 Å². The molecule has 0 aromatic heterocycles. The third-order valence-corrected chi connectivity index (χ3v) is 5.43. The van der Waals surface area contributed by atoms with Crippen molar-refractivity contribution in [2.24, 2.45) is 11.0 Å². The highest BCUT2D eigenvalue weighted by atomic mass is 127. The van der Waals surface area contributed by atoms with Crippen molar-refractivity contribution < 1.29 is 28.9 Å². The van der Waals surface area contributed by atoms with Crippen molar-refractivity contribution in [2.75, 3.05) is 13.4 Å². The molecule has 2 amide bonds. The quantitative estimate of drug-likeness (QED) is 0.263. The lowest BCUT2D eigenvalue weighted by Gasteiger charge is -2.20. The third-order valence-electron chi connectivity index (χ3n) is 4.61. The lowest BCUT2D eigenvalue weighted by atomic mass is 10.0. The minimum atomic E-state index is -0.802. The van der Waals surface area contributed by atoms with E-state index < -0.39 is 17.9 Å². The van der Waals surface area contributed by atoms with Gasteiger partial charge < -0.3 is 24.6 Å². The number of nitrogens with zero attached hydrogens (tertiary/aromatic N) is 1. The van der Waals surface area contributed by atoms with Crippen LogP contribution in [0.3, 0.4) is 0 Å². The largest absolute Gasteiger partial charge is 0.504 e. The second kappa shape index (κ2) is 10.5. The molecule has 1 unspecified atom stereocenters. The fraction of sp³-hybridized carbons (Fsp3) is 0.318. The zero-order chi connectivity index (χ0) is 23.3. The van der Waals surface area contributed by atoms with E-state index in [-0.39, 0.29) is 18.5 Å². The van der Waals surface area contributed by atoms with Gasteiger partial charge >= 0.3 is 0 Å². The summed E-state index contributed by atoms with van der Waals surface area (Å²) in [6.07, 6.45) is 1.44. The van der Waals surface area contributed by atoms with Crippen LogP contribution in [0, 0.1) is 9.49 Å². The summed E-state index contributed by atoms with van der Waals surface area (Å²) in [5.74, 6) is 0.415. The predicted octanol–water partition coefficient (Wildman–Crippen LogP) is 3.03. The van der Waals surface area contributed by atoms with E-state index in [1.54, 1.807) is 30.3 Å². The molecule has 1 atom stereocenters. The van der Waals surface area contributed by atoms with Crippen LogP contribution in [0.1, 0.15) is 36.7 Å². The number of hydrogen-bond donors (Lipinski definition) is 3. The number of benzene rings is 2. The van der Waals surface area contributed by atoms with E-state index >= 15 is 0 Å². The summed E-state index contributed by atoms with van der Waals surface area (Å²) in [5, 5.41) is 16.8. The molecule has 2 aromatic rings. The monoisotopic (exact) mass is 553 g/mol. The highest BCUT2D eigenvalue weighted by molar-refractivity contribution is 14.1. The zero-order valence-corrected chi connectivity index (χ0v) is 20.0. The van der Waals surface area contributed by atoms with Gasteiger partial charge in [0.25, 0.3) is 11.8 Å². The lowest BCUT2D eigenvalue weighted by Crippen LogP contribution is -2.48. The van der Waals surface area contributed by atoms with Crippen LogP contribution in [-0.4, -0.2) is 42.6 Å². The Kier molecular flexibility index (Phi) is 7.78. The van der Waals surface area contributed by atoms with Crippen LogP contribution in [0.2, 0.25) is 0 Å². The molecule has 32 heavy (non-hydrogen) atoms. The van der Waals surface area contributed by atoms with Crippen LogP contribution in [0.15, 0.2) is 35.4 Å². The van der Waals surface area contributed by atoms with Gasteiger partial charge in [-0.05, 0) is 71.3 Å². The van der Waals surface area contributed by atoms with Gasteiger partial charge in [-0.25, -0.2) is 5.43 Å². The Morgan fingerprint density at radius 1 is 1.25 bits per heavy atom. The molecule has 10 heteroatoms. The minimum absolute atomic E-state index is 0.0553. The molecule has 0 bridgehead atoms. The van der Waals surface area contributed by atoms with Gasteiger partial charge in [-0.1, -0.05) is 13.8 Å². The van der Waals surface area contributed by atoms with Gasteiger partial charge in [0.2, 0.25) is 6.79 Å². The number of fused-ring (bicyclic) bond motifs is 1. The number of phenols is 1. The Bertz CT molecular complexity index is 1040. The second-order valence-corrected chi connectivity index (χ2v) is 8.44. The Morgan fingerprint density at radius 2 is 2.00 bits per heavy atom. The van der Waals surface area contributed by atoms with Crippen molar-refractivity contribution in [3.8, 4) is 23.0 Å². The minimum Gasteiger partial charge on any atom is -0.504 e. The average molecular weight is 553 g/mol. The van der Waals surface area contributed by atoms with E-state index in [9.17, 15) is 14.7 Å². The Morgan fingerprint density at radius 3 is 2.72 bits per heavy atom. The molecule has 0 spiro atoms. The zero-order valence-electron chi connectivity index (χ0n) is 17.8. The highest BCUT2D eigenvalue weighted by Gasteiger charge is 2.25. The first-order valence-corrected chi connectivity index (χ1v) is 11.1. The van der Waals surface area contributed by atoms with Crippen molar-refractivity contribution in [3.05, 3.63) is 45.0 Å². The van der Waals surface area contributed by atoms with Gasteiger partial charge in [-0.2, -0.15) is 5.10 Å². The van der Waals surface area contributed by atoms with Crippen LogP contribution >= 0.6 is 22.6 Å². The molecule has 1 aliphatic heterocycles. The van der Waals surface area contributed by atoms with E-state index in [0.717, 1.165) is 0 Å². The van der Waals surface area contributed by atoms with Crippen LogP contribution in [0.4, 0.5) is 0 Å². The molecular weight excluding hydrogens is 529 g/mol. The van der Waals surface area contributed by atoms with Crippen LogP contribution < -0.4 is 25.0 Å². The number of hydrazone groups is 1. The molecule has 1 heterocycles. The summed E-state index contributed by atoms with van der Waals surface area (Å²) in [6.45, 7) is 5.98. The van der Waals surface area contributed by atoms with E-state index in [1.807, 2.05) is 43.4 Å². The Labute approximate surface area is 199 Å². The lowest BCUT2D eigenvalue weighted by molar-refractivity contribution is -0.123. The molecule has 2 aromatic carbocycles. The number of carbonyl (C=O) groups excluding carboxylic acids is 2. The summed E-state index contributed by atoms with van der Waals surface area (Å²) in [6, 6.07) is 7.37. The molecule has 3 rings (SSSR count). The molecule has 0 saturated heterocycles. The first-order chi connectivity index (χ1) is 15.3. The summed E-state index contributed by atoms with van der Waals surface area (Å²) in [4.78, 5) is 25.3. The van der Waals surface area contributed by atoms with Crippen molar-refractivity contribution in [3.63, 3.8) is 0 Å². The normalized spacial score (nSPS) is 13.3. The van der Waals surface area contributed by atoms with Gasteiger partial charge in [0, 0.05) is 5.56 Å². The average Bonchev–Trinajstić information content (AvgIpc) is 3.23. The van der Waals surface area contributed by atoms with Crippen molar-refractivity contribution >= 4 is 40.6 Å². The number of ether oxygens (including phenoxy) is 3. The summed E-state index contributed by atoms with van der Waals surface area (Å²) in [5.41, 5.74) is 3.46. The topological polar surface area (TPSA) is 118 Å². The second-order valence-electron chi connectivity index (χ2n) is 7.28. The van der Waals surface area contributed by atoms with E-state index in [2.05, 4.69) is 15.8 Å². The van der Waals surface area contributed by atoms with Gasteiger partial charge in [-0.15, -0.1) is 0 Å². The number of halogens is 1. The van der Waals surface area contributed by atoms with Gasteiger partial charge in [-0.3, -0.25) is 9.59 Å². The van der Waals surface area contributed by atoms with E-state index in [1.165, 1.54) is 6.21 Å². The smallest absolute Gasteiger partial charge is 0.262 e. The fourth-order valence-electron chi connectivity index (χ4n) is 2.97. The molecular formula is C22H24IN3O6. The first kappa shape index (κ1) is 23.6. The number of nitrogens with one attached hydrogen (secondary N) is 2. The van der Waals surface area contributed by atoms with Crippen molar-refractivity contribution in [2.45, 2.75) is 26.8 Å². The molecule has 0 fully saturated rings. The van der Waals surface area contributed by atoms with Crippen LogP contribution in [0.5, 0.6) is 23.0 Å². The Balaban J connectivity index is 1.66. The molecule has 0 radical (unpaired) electrons. The summed E-state index contributed by atoms with van der Waals surface area (Å²) in [7, 11) is 0. The number of amides is 2. The molecule has 1 aliphatic rings. The highest BCUT2D eigenvalue weighted by Crippen LogP contribution is 2.33. The maximum absolute atomic E-state index is 12.7. The van der Waals surface area contributed by atoms with E-state index in [0.29, 0.717) is 38.6 Å². The first-order valence-electron chi connectivity index (χ1n) is 9.98. The third kappa shape index (κ3) is 5.61. The number of rotatable bonds is 8. The summed E-state index contributed by atoms with van der Waals surface area (Å²) >= 11 is 1.99. The maximum atomic E-state index is 12.7. The molecule has 9 nitrogen and oxygen atoms in total. The molecule has 170 valence electrons. The molecule has 0 saturated carbocycles. The van der Waals surface area contributed by atoms with Crippen molar-refractivity contribution in [1.29, 1.82) is 0 Å². The number of hydrogen-bond acceptors (Lipinski definition) is 7. The fourth-order valence-corrected chi connectivity index (χ4v) is 3.60. The maximum Gasteiger partial charge on any atom is 0.262 e. The van der Waals surface area contributed by atoms with Crippen molar-refractivity contribution in [1.82, 2.24) is 10.7 Å². The van der Waals surface area contributed by atoms with Gasteiger partial charge in [0.15, 0.2) is 23.0 Å². The summed E-state index contributed by atoms with van der Waals surface area (Å²) < 4.78 is 16.5. The molecule has 0 aliphatic carbocycles. The predicted molar refractivity (Wildman–Crippen MR) is 126 cm³/mol. The number of aromatic hydroxyl groups is 1. The number of phenolic OH excluding ortho intramolecular Hbond substituents is 1. The number of carbonyl (C=O) groups is 2. The SMILES string of the molecule is CCOc1cc(C=NNC(=O)C(NC(=O)c2ccc3c(c2)OCO3)C(C)C)cc(I)c1O. The standard InChI is InChI=1S/C22H24IN3O6/c1-4-30-18-8-13(7-15(23)20(18)27)10-24-26-22(29)19(12(2)3)25-21(28)14-5-6-16-17(9-14)32-11-31-16/h5-10,12,19,27H,4,11H2,1-3H3,(H,25,28)(H,26,29).